The van der Waals surface area contributed by atoms with Crippen LogP contribution in [0.4, 0.5) is 8.78 Å². The summed E-state index contributed by atoms with van der Waals surface area (Å²) in [5, 5.41) is 6.92. The summed E-state index contributed by atoms with van der Waals surface area (Å²) >= 11 is 0. The fourth-order valence-electron chi connectivity index (χ4n) is 1.84. The molecule has 1 aromatic heterocycles. The molecule has 1 heterocycles. The maximum absolute atomic E-state index is 13.1. The lowest BCUT2D eigenvalue weighted by Gasteiger charge is -2.09. The Kier molecular flexibility index (Phi) is 3.72. The second-order valence-electron chi connectivity index (χ2n) is 4.13. The van der Waals surface area contributed by atoms with Crippen molar-refractivity contribution in [3.05, 3.63) is 47.3 Å². The average Bonchev–Trinajstić information content (AvgIpc) is 2.74. The third kappa shape index (κ3) is 2.41. The first-order chi connectivity index (χ1) is 8.63. The minimum atomic E-state index is -2.54. The molecule has 0 spiro atoms. The zero-order valence-electron chi connectivity index (χ0n) is 10.3. The van der Waals surface area contributed by atoms with E-state index in [1.165, 1.54) is 10.9 Å². The van der Waals surface area contributed by atoms with Gasteiger partial charge in [-0.1, -0.05) is 17.7 Å². The Labute approximate surface area is 104 Å². The Hall–Kier alpha value is -1.75. The fraction of sp³-hybridized carbons (Fsp3) is 0.308. The normalized spacial score (nSPS) is 11.2. The van der Waals surface area contributed by atoms with Crippen molar-refractivity contribution in [1.29, 1.82) is 0 Å². The molecule has 96 valence electrons. The van der Waals surface area contributed by atoms with Gasteiger partial charge in [0.05, 0.1) is 11.9 Å². The topological polar surface area (TPSA) is 29.9 Å². The average molecular weight is 251 g/mol. The first kappa shape index (κ1) is 12.7. The van der Waals surface area contributed by atoms with E-state index in [-0.39, 0.29) is 5.69 Å². The number of aromatic nitrogens is 2. The molecule has 0 unspecified atom stereocenters. The van der Waals surface area contributed by atoms with Crippen molar-refractivity contribution in [2.75, 3.05) is 7.05 Å². The Balaban J connectivity index is 2.47. The number of hydrogen-bond acceptors (Lipinski definition) is 2. The Bertz CT molecular complexity index is 518. The van der Waals surface area contributed by atoms with Gasteiger partial charge in [-0.3, -0.25) is 0 Å². The zero-order chi connectivity index (χ0) is 13.1. The van der Waals surface area contributed by atoms with Gasteiger partial charge < -0.3 is 5.32 Å². The highest BCUT2D eigenvalue weighted by Crippen LogP contribution is 2.25. The van der Waals surface area contributed by atoms with E-state index in [0.29, 0.717) is 17.8 Å². The fourth-order valence-corrected chi connectivity index (χ4v) is 1.84. The highest BCUT2D eigenvalue weighted by atomic mass is 19.3. The third-order valence-corrected chi connectivity index (χ3v) is 2.74. The van der Waals surface area contributed by atoms with Crippen molar-refractivity contribution in [3.8, 4) is 5.69 Å². The van der Waals surface area contributed by atoms with E-state index in [1.54, 1.807) is 19.2 Å². The van der Waals surface area contributed by atoms with Gasteiger partial charge >= 0.3 is 0 Å². The van der Waals surface area contributed by atoms with Gasteiger partial charge in [-0.05, 0) is 26.1 Å². The summed E-state index contributed by atoms with van der Waals surface area (Å²) in [6.07, 6.45) is -1.06. The molecule has 1 N–H and O–H groups in total. The van der Waals surface area contributed by atoms with Crippen molar-refractivity contribution >= 4 is 0 Å². The monoisotopic (exact) mass is 251 g/mol. The molecule has 2 aromatic rings. The van der Waals surface area contributed by atoms with Crippen LogP contribution in [0.2, 0.25) is 0 Å². The molecule has 0 aliphatic rings. The molecule has 0 saturated carbocycles. The summed E-state index contributed by atoms with van der Waals surface area (Å²) < 4.78 is 27.5. The second-order valence-corrected chi connectivity index (χ2v) is 4.13. The van der Waals surface area contributed by atoms with Crippen molar-refractivity contribution < 1.29 is 8.78 Å². The lowest BCUT2D eigenvalue weighted by Crippen LogP contribution is -2.09. The largest absolute Gasteiger partial charge is 0.316 e. The van der Waals surface area contributed by atoms with E-state index in [2.05, 4.69) is 10.4 Å². The van der Waals surface area contributed by atoms with Crippen LogP contribution in [-0.4, -0.2) is 16.8 Å². The molecule has 18 heavy (non-hydrogen) atoms. The van der Waals surface area contributed by atoms with Crippen molar-refractivity contribution in [1.82, 2.24) is 15.1 Å². The molecule has 0 bridgehead atoms. The van der Waals surface area contributed by atoms with Crippen molar-refractivity contribution in [2.45, 2.75) is 19.9 Å². The minimum Gasteiger partial charge on any atom is -0.316 e. The molecule has 3 nitrogen and oxygen atoms in total. The first-order valence-electron chi connectivity index (χ1n) is 5.70. The van der Waals surface area contributed by atoms with E-state index in [9.17, 15) is 8.78 Å². The number of alkyl halides is 2. The van der Waals surface area contributed by atoms with Gasteiger partial charge in [0.15, 0.2) is 0 Å². The second kappa shape index (κ2) is 5.27. The van der Waals surface area contributed by atoms with Crippen LogP contribution in [0, 0.1) is 6.92 Å². The predicted octanol–water partition coefficient (Wildman–Crippen LogP) is 2.84. The number of halogens is 2. The van der Waals surface area contributed by atoms with Crippen LogP contribution < -0.4 is 5.32 Å². The number of nitrogens with one attached hydrogen (secondary N) is 1. The molecule has 2 rings (SSSR count). The number of benzene rings is 1. The number of aryl methyl sites for hydroxylation is 1. The molecule has 0 aliphatic carbocycles. The van der Waals surface area contributed by atoms with Gasteiger partial charge in [-0.2, -0.15) is 5.10 Å². The molecule has 0 atom stereocenters. The number of nitrogens with zero attached hydrogens (tertiary/aromatic N) is 2. The van der Waals surface area contributed by atoms with Gasteiger partial charge in [0.1, 0.15) is 5.69 Å². The predicted molar refractivity (Wildman–Crippen MR) is 66.0 cm³/mol. The van der Waals surface area contributed by atoms with E-state index in [4.69, 9.17) is 0 Å². The van der Waals surface area contributed by atoms with Gasteiger partial charge in [0.2, 0.25) is 0 Å². The standard InChI is InChI=1S/C13H15F2N3/c1-9-3-5-11(6-4-9)18-12(13(14)15)10(7-16-2)8-17-18/h3-6,8,13,16H,7H2,1-2H3. The SMILES string of the molecule is CNCc1cnn(-c2ccc(C)cc2)c1C(F)F. The molecule has 0 aliphatic heterocycles. The quantitative estimate of drug-likeness (QED) is 0.905. The van der Waals surface area contributed by atoms with E-state index in [1.807, 2.05) is 19.1 Å². The molecule has 5 heteroatoms. The lowest BCUT2D eigenvalue weighted by molar-refractivity contribution is 0.141. The van der Waals surface area contributed by atoms with Crippen molar-refractivity contribution in [3.63, 3.8) is 0 Å². The van der Waals surface area contributed by atoms with Crippen LogP contribution >= 0.6 is 0 Å². The molecule has 0 radical (unpaired) electrons. The molecular weight excluding hydrogens is 236 g/mol. The van der Waals surface area contributed by atoms with Crippen LogP contribution in [-0.2, 0) is 6.54 Å². The summed E-state index contributed by atoms with van der Waals surface area (Å²) in [4.78, 5) is 0. The molecule has 0 saturated heterocycles. The smallest absolute Gasteiger partial charge is 0.280 e. The maximum Gasteiger partial charge on any atom is 0.280 e. The van der Waals surface area contributed by atoms with Crippen LogP contribution in [0.25, 0.3) is 5.69 Å². The van der Waals surface area contributed by atoms with Crippen LogP contribution in [0.3, 0.4) is 0 Å². The van der Waals surface area contributed by atoms with Gasteiger partial charge in [-0.25, -0.2) is 13.5 Å². The van der Waals surface area contributed by atoms with E-state index < -0.39 is 6.43 Å². The Morgan fingerprint density at radius 3 is 2.50 bits per heavy atom. The Morgan fingerprint density at radius 2 is 1.94 bits per heavy atom. The zero-order valence-corrected chi connectivity index (χ0v) is 10.3. The van der Waals surface area contributed by atoms with Crippen LogP contribution in [0.1, 0.15) is 23.2 Å². The highest BCUT2D eigenvalue weighted by Gasteiger charge is 2.20. The first-order valence-corrected chi connectivity index (χ1v) is 5.70. The molecular formula is C13H15F2N3. The Morgan fingerprint density at radius 1 is 1.28 bits per heavy atom. The van der Waals surface area contributed by atoms with E-state index >= 15 is 0 Å². The summed E-state index contributed by atoms with van der Waals surface area (Å²) in [6.45, 7) is 2.33. The number of rotatable bonds is 4. The van der Waals surface area contributed by atoms with Gasteiger partial charge in [0.25, 0.3) is 6.43 Å². The molecule has 0 amide bonds. The van der Waals surface area contributed by atoms with Crippen molar-refractivity contribution in [2.24, 2.45) is 0 Å². The summed E-state index contributed by atoms with van der Waals surface area (Å²) in [5.74, 6) is 0. The number of hydrogen-bond donors (Lipinski definition) is 1. The van der Waals surface area contributed by atoms with Crippen LogP contribution in [0.15, 0.2) is 30.5 Å². The summed E-state index contributed by atoms with van der Waals surface area (Å²) in [5.41, 5.74) is 2.21. The summed E-state index contributed by atoms with van der Waals surface area (Å²) in [6, 6.07) is 7.34. The van der Waals surface area contributed by atoms with E-state index in [0.717, 1.165) is 5.56 Å². The molecule has 1 aromatic carbocycles. The minimum absolute atomic E-state index is 0.0480. The highest BCUT2D eigenvalue weighted by molar-refractivity contribution is 5.37. The molecule has 0 fully saturated rings. The summed E-state index contributed by atoms with van der Waals surface area (Å²) in [7, 11) is 1.72. The van der Waals surface area contributed by atoms with Gasteiger partial charge in [-0.15, -0.1) is 0 Å². The third-order valence-electron chi connectivity index (χ3n) is 2.74. The lowest BCUT2D eigenvalue weighted by atomic mass is 10.2. The maximum atomic E-state index is 13.1. The van der Waals surface area contributed by atoms with Crippen LogP contribution in [0.5, 0.6) is 0 Å². The van der Waals surface area contributed by atoms with Gasteiger partial charge in [0, 0.05) is 12.1 Å².